The molecule has 0 saturated carbocycles. The minimum Gasteiger partial charge on any atom is -0.372 e. The summed E-state index contributed by atoms with van der Waals surface area (Å²) in [7, 11) is 1.48. The summed E-state index contributed by atoms with van der Waals surface area (Å²) in [5, 5.41) is 3.11. The number of rotatable bonds is 3. The van der Waals surface area contributed by atoms with Crippen LogP contribution >= 0.6 is 11.6 Å². The van der Waals surface area contributed by atoms with Gasteiger partial charge in [0.1, 0.15) is 11.3 Å². The molecule has 1 unspecified atom stereocenters. The molecule has 0 aliphatic heterocycles. The van der Waals surface area contributed by atoms with Crippen LogP contribution in [0.2, 0.25) is 5.15 Å². The van der Waals surface area contributed by atoms with E-state index in [9.17, 15) is 4.79 Å². The number of hydrogen-bond donors (Lipinski definition) is 1. The van der Waals surface area contributed by atoms with Crippen LogP contribution in [-0.4, -0.2) is 24.1 Å². The van der Waals surface area contributed by atoms with Gasteiger partial charge in [-0.3, -0.25) is 4.79 Å². The normalized spacial score (nSPS) is 12.3. The number of nitrogens with zero attached hydrogens (tertiary/aromatic N) is 1. The third-order valence-electron chi connectivity index (χ3n) is 2.00. The molecule has 0 spiro atoms. The third kappa shape index (κ3) is 3.18. The molecule has 0 saturated heterocycles. The molecular weight excluding hydrogens is 216 g/mol. The Bertz CT molecular complexity index is 368. The van der Waals surface area contributed by atoms with Gasteiger partial charge in [0.2, 0.25) is 0 Å². The summed E-state index contributed by atoms with van der Waals surface area (Å²) in [6.45, 7) is 3.50. The van der Waals surface area contributed by atoms with Crippen LogP contribution in [0.15, 0.2) is 12.3 Å². The van der Waals surface area contributed by atoms with Gasteiger partial charge in [-0.1, -0.05) is 11.6 Å². The highest BCUT2D eigenvalue weighted by molar-refractivity contribution is 6.30. The fourth-order valence-electron chi connectivity index (χ4n) is 0.977. The van der Waals surface area contributed by atoms with Gasteiger partial charge < -0.3 is 10.1 Å². The summed E-state index contributed by atoms with van der Waals surface area (Å²) in [5.41, 5.74) is 1.44. The van der Waals surface area contributed by atoms with Gasteiger partial charge in [-0.05, 0) is 25.5 Å². The summed E-state index contributed by atoms with van der Waals surface area (Å²) in [4.78, 5) is 15.4. The van der Waals surface area contributed by atoms with Crippen LogP contribution in [0.4, 0.5) is 5.69 Å². The van der Waals surface area contributed by atoms with Crippen molar-refractivity contribution in [3.05, 3.63) is 23.0 Å². The zero-order valence-corrected chi connectivity index (χ0v) is 9.63. The van der Waals surface area contributed by atoms with Crippen LogP contribution < -0.4 is 5.32 Å². The Hall–Kier alpha value is -1.13. The van der Waals surface area contributed by atoms with Crippen molar-refractivity contribution >= 4 is 23.2 Å². The van der Waals surface area contributed by atoms with Crippen molar-refractivity contribution in [1.29, 1.82) is 0 Å². The Kier molecular flexibility index (Phi) is 4.05. The Balaban J connectivity index is 2.73. The number of carbonyl (C=O) groups is 1. The van der Waals surface area contributed by atoms with Gasteiger partial charge in [0.05, 0.1) is 11.9 Å². The van der Waals surface area contributed by atoms with Crippen LogP contribution in [-0.2, 0) is 9.53 Å². The van der Waals surface area contributed by atoms with Crippen molar-refractivity contribution < 1.29 is 9.53 Å². The molecule has 0 fully saturated rings. The number of nitrogens with one attached hydrogen (secondary N) is 1. The van der Waals surface area contributed by atoms with Crippen molar-refractivity contribution in [2.24, 2.45) is 0 Å². The Morgan fingerprint density at radius 2 is 2.33 bits per heavy atom. The number of aryl methyl sites for hydroxylation is 1. The molecular formula is C10H13ClN2O2. The molecule has 1 rings (SSSR count). The number of methoxy groups -OCH3 is 1. The maximum absolute atomic E-state index is 11.4. The molecule has 0 aromatic carbocycles. The van der Waals surface area contributed by atoms with Crippen LogP contribution in [0.1, 0.15) is 12.5 Å². The minimum atomic E-state index is -0.485. The number of carbonyl (C=O) groups excluding carboxylic acids is 1. The molecule has 4 nitrogen and oxygen atoms in total. The van der Waals surface area contributed by atoms with Gasteiger partial charge in [-0.15, -0.1) is 0 Å². The van der Waals surface area contributed by atoms with E-state index in [0.29, 0.717) is 10.8 Å². The molecule has 1 atom stereocenters. The fraction of sp³-hybridized carbons (Fsp3) is 0.400. The van der Waals surface area contributed by atoms with Gasteiger partial charge in [-0.25, -0.2) is 4.98 Å². The van der Waals surface area contributed by atoms with E-state index < -0.39 is 6.10 Å². The molecule has 0 radical (unpaired) electrons. The Labute approximate surface area is 93.6 Å². The molecule has 5 heteroatoms. The lowest BCUT2D eigenvalue weighted by Gasteiger charge is -2.10. The van der Waals surface area contributed by atoms with E-state index in [4.69, 9.17) is 16.3 Å². The van der Waals surface area contributed by atoms with Crippen molar-refractivity contribution in [3.8, 4) is 0 Å². The number of aromatic nitrogens is 1. The first kappa shape index (κ1) is 11.9. The molecule has 1 heterocycles. The van der Waals surface area contributed by atoms with Crippen LogP contribution in [0.5, 0.6) is 0 Å². The Morgan fingerprint density at radius 1 is 1.67 bits per heavy atom. The second-order valence-corrected chi connectivity index (χ2v) is 3.56. The van der Waals surface area contributed by atoms with Crippen molar-refractivity contribution in [1.82, 2.24) is 4.98 Å². The molecule has 0 aliphatic carbocycles. The Morgan fingerprint density at radius 3 is 2.87 bits per heavy atom. The molecule has 0 bridgehead atoms. The first-order valence-electron chi connectivity index (χ1n) is 4.50. The van der Waals surface area contributed by atoms with Crippen molar-refractivity contribution in [3.63, 3.8) is 0 Å². The average Bonchev–Trinajstić information content (AvgIpc) is 2.22. The molecule has 1 amide bonds. The van der Waals surface area contributed by atoms with E-state index in [0.717, 1.165) is 5.56 Å². The minimum absolute atomic E-state index is 0.207. The van der Waals surface area contributed by atoms with E-state index in [1.807, 2.05) is 6.92 Å². The van der Waals surface area contributed by atoms with E-state index in [1.54, 1.807) is 13.0 Å². The van der Waals surface area contributed by atoms with Gasteiger partial charge in [-0.2, -0.15) is 0 Å². The predicted molar refractivity (Wildman–Crippen MR) is 59.1 cm³/mol. The quantitative estimate of drug-likeness (QED) is 0.806. The predicted octanol–water partition coefficient (Wildman–Crippen LogP) is 2.02. The van der Waals surface area contributed by atoms with Crippen molar-refractivity contribution in [2.75, 3.05) is 12.4 Å². The summed E-state index contributed by atoms with van der Waals surface area (Å²) in [6.07, 6.45) is 1.02. The molecule has 0 aliphatic rings. The first-order valence-corrected chi connectivity index (χ1v) is 4.88. The van der Waals surface area contributed by atoms with Crippen LogP contribution in [0.25, 0.3) is 0 Å². The van der Waals surface area contributed by atoms with Crippen LogP contribution in [0.3, 0.4) is 0 Å². The lowest BCUT2D eigenvalue weighted by Crippen LogP contribution is -2.26. The lowest BCUT2D eigenvalue weighted by atomic mass is 10.3. The zero-order valence-electron chi connectivity index (χ0n) is 8.87. The highest BCUT2D eigenvalue weighted by Crippen LogP contribution is 2.16. The van der Waals surface area contributed by atoms with E-state index >= 15 is 0 Å². The number of ether oxygens (including phenoxy) is 1. The third-order valence-corrected chi connectivity index (χ3v) is 2.40. The number of halogens is 1. The molecule has 82 valence electrons. The summed E-state index contributed by atoms with van der Waals surface area (Å²) >= 11 is 5.76. The standard InChI is InChI=1S/C10H13ClN2O2/c1-6-4-8(5-12-9(6)11)13-10(14)7(2)15-3/h4-5,7H,1-3H3,(H,13,14). The summed E-state index contributed by atoms with van der Waals surface area (Å²) < 4.78 is 4.88. The van der Waals surface area contributed by atoms with E-state index in [2.05, 4.69) is 10.3 Å². The van der Waals surface area contributed by atoms with Crippen LogP contribution in [0, 0.1) is 6.92 Å². The fourth-order valence-corrected chi connectivity index (χ4v) is 1.08. The molecule has 1 N–H and O–H groups in total. The summed E-state index contributed by atoms with van der Waals surface area (Å²) in [6, 6.07) is 1.76. The zero-order chi connectivity index (χ0) is 11.4. The number of hydrogen-bond acceptors (Lipinski definition) is 3. The highest BCUT2D eigenvalue weighted by atomic mass is 35.5. The average molecular weight is 229 g/mol. The van der Waals surface area contributed by atoms with Gasteiger partial charge in [0.15, 0.2) is 0 Å². The molecule has 15 heavy (non-hydrogen) atoms. The number of anilines is 1. The molecule has 1 aromatic rings. The monoisotopic (exact) mass is 228 g/mol. The second-order valence-electron chi connectivity index (χ2n) is 3.20. The largest absolute Gasteiger partial charge is 0.372 e. The smallest absolute Gasteiger partial charge is 0.253 e. The summed E-state index contributed by atoms with van der Waals surface area (Å²) in [5.74, 6) is -0.207. The first-order chi connectivity index (χ1) is 7.04. The van der Waals surface area contributed by atoms with Crippen molar-refractivity contribution in [2.45, 2.75) is 20.0 Å². The SMILES string of the molecule is COC(C)C(=O)Nc1cnc(Cl)c(C)c1. The highest BCUT2D eigenvalue weighted by Gasteiger charge is 2.11. The van der Waals surface area contributed by atoms with Gasteiger partial charge in [0, 0.05) is 7.11 Å². The van der Waals surface area contributed by atoms with E-state index in [-0.39, 0.29) is 5.91 Å². The van der Waals surface area contributed by atoms with Gasteiger partial charge >= 0.3 is 0 Å². The topological polar surface area (TPSA) is 51.2 Å². The second kappa shape index (κ2) is 5.09. The van der Waals surface area contributed by atoms with Gasteiger partial charge in [0.25, 0.3) is 5.91 Å². The van der Waals surface area contributed by atoms with E-state index in [1.165, 1.54) is 13.3 Å². The number of amides is 1. The maximum atomic E-state index is 11.4. The lowest BCUT2D eigenvalue weighted by molar-refractivity contribution is -0.124. The molecule has 1 aromatic heterocycles. The number of pyridine rings is 1. The maximum Gasteiger partial charge on any atom is 0.253 e.